The van der Waals surface area contributed by atoms with Crippen LogP contribution < -0.4 is 25.7 Å². The fraction of sp³-hybridized carbons (Fsp3) is 0.650. The molecular weight excluding hydrogens is 779 g/mol. The van der Waals surface area contributed by atoms with Crippen LogP contribution in [0.1, 0.15) is 99.5 Å². The summed E-state index contributed by atoms with van der Waals surface area (Å²) in [6.07, 6.45) is 4.01. The van der Waals surface area contributed by atoms with E-state index in [-0.39, 0.29) is 42.8 Å². The molecule has 3 N–H and O–H groups in total. The summed E-state index contributed by atoms with van der Waals surface area (Å²) < 4.78 is 69.7. The predicted octanol–water partition coefficient (Wildman–Crippen LogP) is 4.35. The van der Waals surface area contributed by atoms with Gasteiger partial charge in [-0.3, -0.25) is 23.9 Å². The molecule has 18 heteroatoms. The highest BCUT2D eigenvalue weighted by molar-refractivity contribution is 7.91. The third-order valence-corrected chi connectivity index (χ3v) is 13.7. The topological polar surface area (TPSA) is 195 Å². The standard InChI is InChI=1S/C40H54F2N6O9S/c1-22(2)48-34(50)29-15-11-10-14-28(29)33(45-48)56-26-19-30-32(49)44-40(36(52)46-58(54,55)27-16-17-27)20-25(40)13-9-8-12-23(3)18-24(4)31(35(51)47(30)21-26)43-37(53)57-38(5,6)39(7,41)42/h9-11,13-15,22-27,30-31H,8,12,16-21H2,1-7H3,(H,43,53)(H,44,49)(H,46,52)/b13-9-/t23-,24-,25?,26-,30+,31+,40-/m1/s1. The van der Waals surface area contributed by atoms with Gasteiger partial charge in [0.2, 0.25) is 27.7 Å². The Kier molecular flexibility index (Phi) is 11.8. The van der Waals surface area contributed by atoms with Crippen LogP contribution >= 0.6 is 0 Å². The number of rotatable bonds is 9. The minimum Gasteiger partial charge on any atom is -0.471 e. The number of carbonyl (C=O) groups excluding carboxylic acids is 4. The second kappa shape index (κ2) is 15.9. The number of alkyl halides is 2. The molecule has 15 nitrogen and oxygen atoms in total. The van der Waals surface area contributed by atoms with Crippen molar-refractivity contribution < 1.29 is 45.9 Å². The summed E-state index contributed by atoms with van der Waals surface area (Å²) in [7, 11) is -3.98. The quantitative estimate of drug-likeness (QED) is 0.306. The van der Waals surface area contributed by atoms with Crippen molar-refractivity contribution >= 4 is 44.6 Å². The first-order valence-corrected chi connectivity index (χ1v) is 21.5. The van der Waals surface area contributed by atoms with E-state index in [1.54, 1.807) is 51.1 Å². The number of hydrogen-bond donors (Lipinski definition) is 3. The smallest absolute Gasteiger partial charge is 0.408 e. The van der Waals surface area contributed by atoms with Crippen LogP contribution in [-0.4, -0.2) is 94.0 Å². The van der Waals surface area contributed by atoms with Crippen LogP contribution in [0.2, 0.25) is 0 Å². The second-order valence-electron chi connectivity index (χ2n) is 17.4. The van der Waals surface area contributed by atoms with Crippen LogP contribution in [0.4, 0.5) is 13.6 Å². The van der Waals surface area contributed by atoms with Gasteiger partial charge in [-0.25, -0.2) is 26.7 Å². The monoisotopic (exact) mass is 832 g/mol. The van der Waals surface area contributed by atoms with Gasteiger partial charge in [0.25, 0.3) is 17.4 Å². The maximum atomic E-state index is 14.8. The van der Waals surface area contributed by atoms with Crippen LogP contribution in [0.25, 0.3) is 10.8 Å². The Hall–Kier alpha value is -4.61. The zero-order chi connectivity index (χ0) is 42.5. The van der Waals surface area contributed by atoms with Crippen LogP contribution in [0.3, 0.4) is 0 Å². The fourth-order valence-corrected chi connectivity index (χ4v) is 9.11. The number of allylic oxidation sites excluding steroid dienone is 1. The summed E-state index contributed by atoms with van der Waals surface area (Å²) >= 11 is 0. The summed E-state index contributed by atoms with van der Waals surface area (Å²) in [5, 5.41) is 9.90. The molecule has 7 atom stereocenters. The molecule has 2 saturated carbocycles. The lowest BCUT2D eigenvalue weighted by atomic mass is 9.88. The number of hydrogen-bond acceptors (Lipinski definition) is 10. The van der Waals surface area contributed by atoms with Gasteiger partial charge >= 0.3 is 6.09 Å². The first kappa shape index (κ1) is 43.0. The number of halogens is 2. The molecule has 2 aliphatic carbocycles. The Morgan fingerprint density at radius 2 is 1.71 bits per heavy atom. The number of nitrogens with zero attached hydrogens (tertiary/aromatic N) is 3. The Morgan fingerprint density at radius 1 is 1.03 bits per heavy atom. The van der Waals surface area contributed by atoms with Gasteiger partial charge in [-0.2, -0.15) is 0 Å². The van der Waals surface area contributed by atoms with Crippen molar-refractivity contribution in [2.45, 2.75) is 140 Å². The van der Waals surface area contributed by atoms with Crippen LogP contribution in [0.15, 0.2) is 41.2 Å². The van der Waals surface area contributed by atoms with Crippen LogP contribution in [0, 0.1) is 17.8 Å². The van der Waals surface area contributed by atoms with Gasteiger partial charge in [0, 0.05) is 19.3 Å². The molecule has 2 aliphatic heterocycles. The van der Waals surface area contributed by atoms with Gasteiger partial charge < -0.3 is 25.0 Å². The first-order valence-electron chi connectivity index (χ1n) is 20.0. The molecule has 1 aromatic heterocycles. The van der Waals surface area contributed by atoms with Gasteiger partial charge in [0.05, 0.1) is 28.6 Å². The second-order valence-corrected chi connectivity index (χ2v) is 19.3. The lowest BCUT2D eigenvalue weighted by Gasteiger charge is -2.35. The van der Waals surface area contributed by atoms with Crippen LogP contribution in [-0.2, 0) is 29.1 Å². The average molecular weight is 833 g/mol. The lowest BCUT2D eigenvalue weighted by molar-refractivity contribution is -0.152. The van der Waals surface area contributed by atoms with E-state index >= 15 is 0 Å². The number of carbonyl (C=O) groups is 4. The Morgan fingerprint density at radius 3 is 2.34 bits per heavy atom. The van der Waals surface area contributed by atoms with Crippen molar-refractivity contribution in [2.75, 3.05) is 6.54 Å². The Balaban J connectivity index is 1.38. The average Bonchev–Trinajstić information content (AvgIpc) is 4.06. The van der Waals surface area contributed by atoms with E-state index in [9.17, 15) is 41.2 Å². The summed E-state index contributed by atoms with van der Waals surface area (Å²) in [5.41, 5.74) is -4.19. The van der Waals surface area contributed by atoms with E-state index in [0.717, 1.165) is 13.8 Å². The number of ether oxygens (including phenoxy) is 2. The van der Waals surface area contributed by atoms with Crippen molar-refractivity contribution in [3.05, 3.63) is 46.8 Å². The zero-order valence-electron chi connectivity index (χ0n) is 33.9. The minimum absolute atomic E-state index is 0.00599. The van der Waals surface area contributed by atoms with Gasteiger partial charge in [0.1, 0.15) is 23.7 Å². The molecule has 0 radical (unpaired) electrons. The first-order chi connectivity index (χ1) is 27.0. The molecule has 318 valence electrons. The minimum atomic E-state index is -3.98. The highest BCUT2D eigenvalue weighted by Gasteiger charge is 2.62. The molecule has 0 bridgehead atoms. The third-order valence-electron chi connectivity index (χ3n) is 11.9. The van der Waals surface area contributed by atoms with Gasteiger partial charge in [-0.15, -0.1) is 5.10 Å². The maximum Gasteiger partial charge on any atom is 0.408 e. The SMILES string of the molecule is CC(C)n1nc(O[C@@H]2C[C@H]3C(=O)N[C@]4(C(=O)NS(=O)(=O)C5CC5)CC4/C=C\CC[C@@H](C)C[C@@H](C)[C@H](NC(=O)OC(C)(C)C(C)(F)F)C(=O)N3C2)c2ccccc2c1=O. The number of sulfonamides is 1. The molecule has 58 heavy (non-hydrogen) atoms. The van der Waals surface area contributed by atoms with Crippen molar-refractivity contribution in [1.29, 1.82) is 0 Å². The summed E-state index contributed by atoms with van der Waals surface area (Å²) in [5.74, 6) is -6.79. The molecule has 6 rings (SSSR count). The van der Waals surface area contributed by atoms with Crippen molar-refractivity contribution in [2.24, 2.45) is 17.8 Å². The molecule has 1 saturated heterocycles. The van der Waals surface area contributed by atoms with Crippen molar-refractivity contribution in [3.63, 3.8) is 0 Å². The molecule has 0 spiro atoms. The summed E-state index contributed by atoms with van der Waals surface area (Å²) in [6.45, 7) is 9.81. The largest absolute Gasteiger partial charge is 0.471 e. The summed E-state index contributed by atoms with van der Waals surface area (Å²) in [6, 6.07) is 3.74. The lowest BCUT2D eigenvalue weighted by Crippen LogP contribution is -2.59. The fourth-order valence-electron chi connectivity index (χ4n) is 7.75. The number of alkyl carbamates (subject to hydrolysis) is 1. The third kappa shape index (κ3) is 8.86. The van der Waals surface area contributed by atoms with Crippen molar-refractivity contribution in [1.82, 2.24) is 30.0 Å². The molecule has 4 amide bonds. The molecule has 3 heterocycles. The normalized spacial score (nSPS) is 29.0. The van der Waals surface area contributed by atoms with Crippen LogP contribution in [0.5, 0.6) is 5.88 Å². The van der Waals surface area contributed by atoms with E-state index in [2.05, 4.69) is 20.5 Å². The van der Waals surface area contributed by atoms with E-state index in [1.165, 1.54) is 9.58 Å². The predicted molar refractivity (Wildman–Crippen MR) is 209 cm³/mol. The van der Waals surface area contributed by atoms with Gasteiger partial charge in [0.15, 0.2) is 5.60 Å². The Bertz CT molecular complexity index is 2150. The number of nitrogens with one attached hydrogen (secondary N) is 3. The van der Waals surface area contributed by atoms with E-state index in [4.69, 9.17) is 9.47 Å². The molecule has 4 aliphatic rings. The number of fused-ring (bicyclic) bond motifs is 3. The highest BCUT2D eigenvalue weighted by Crippen LogP contribution is 2.46. The summed E-state index contributed by atoms with van der Waals surface area (Å²) in [4.78, 5) is 71.0. The number of amides is 4. The van der Waals surface area contributed by atoms with E-state index in [1.807, 2.05) is 13.0 Å². The van der Waals surface area contributed by atoms with E-state index in [0.29, 0.717) is 49.8 Å². The molecular formula is C40H54F2N6O9S. The molecule has 3 fully saturated rings. The van der Waals surface area contributed by atoms with Gasteiger partial charge in [-0.1, -0.05) is 38.1 Å². The van der Waals surface area contributed by atoms with Gasteiger partial charge in [-0.05, 0) is 90.2 Å². The highest BCUT2D eigenvalue weighted by atomic mass is 32.2. The molecule has 2 aromatic rings. The van der Waals surface area contributed by atoms with E-state index < -0.39 is 86.2 Å². The maximum absolute atomic E-state index is 14.8. The number of benzene rings is 1. The Labute approximate surface area is 336 Å². The zero-order valence-corrected chi connectivity index (χ0v) is 34.7. The molecule has 1 unspecified atom stereocenters. The van der Waals surface area contributed by atoms with Crippen molar-refractivity contribution in [3.8, 4) is 5.88 Å². The molecule has 1 aromatic carbocycles. The number of aromatic nitrogens is 2.